The van der Waals surface area contributed by atoms with E-state index >= 15 is 0 Å². The second kappa shape index (κ2) is 5.84. The van der Waals surface area contributed by atoms with Crippen molar-refractivity contribution in [3.05, 3.63) is 11.6 Å². The lowest BCUT2D eigenvalue weighted by Gasteiger charge is -2.24. The van der Waals surface area contributed by atoms with E-state index in [0.29, 0.717) is 12.8 Å². The number of rotatable bonds is 5. The highest BCUT2D eigenvalue weighted by Gasteiger charge is 2.50. The Balaban J connectivity index is 2.88. The van der Waals surface area contributed by atoms with Gasteiger partial charge in [-0.3, -0.25) is 9.59 Å². The number of hydrogen-bond acceptors (Lipinski definition) is 4. The molecule has 0 saturated carbocycles. The van der Waals surface area contributed by atoms with Gasteiger partial charge in [-0.25, -0.2) is 0 Å². The predicted octanol–water partition coefficient (Wildman–Crippen LogP) is 2.23. The maximum absolute atomic E-state index is 12.0. The quantitative estimate of drug-likeness (QED) is 0.420. The largest absolute Gasteiger partial charge is 0.465 e. The predicted molar refractivity (Wildman–Crippen MR) is 63.3 cm³/mol. The Morgan fingerprint density at radius 1 is 1.18 bits per heavy atom. The molecular formula is C13H20O4. The topological polar surface area (TPSA) is 52.6 Å². The summed E-state index contributed by atoms with van der Waals surface area (Å²) in [6.45, 7) is 6.04. The van der Waals surface area contributed by atoms with E-state index in [-0.39, 0.29) is 13.2 Å². The fourth-order valence-corrected chi connectivity index (χ4v) is 2.05. The lowest BCUT2D eigenvalue weighted by molar-refractivity contribution is -0.171. The van der Waals surface area contributed by atoms with E-state index in [1.54, 1.807) is 13.8 Å². The Hall–Kier alpha value is -1.32. The maximum Gasteiger partial charge on any atom is 0.324 e. The molecule has 96 valence electrons. The van der Waals surface area contributed by atoms with Crippen LogP contribution in [0, 0.1) is 5.41 Å². The zero-order chi connectivity index (χ0) is 12.9. The average molecular weight is 240 g/mol. The minimum absolute atomic E-state index is 0.279. The highest BCUT2D eigenvalue weighted by molar-refractivity contribution is 6.01. The van der Waals surface area contributed by atoms with Crippen molar-refractivity contribution in [2.24, 2.45) is 5.41 Å². The average Bonchev–Trinajstić information content (AvgIpc) is 2.75. The van der Waals surface area contributed by atoms with Crippen LogP contribution in [0.3, 0.4) is 0 Å². The zero-order valence-electron chi connectivity index (χ0n) is 10.7. The number of hydrogen-bond donors (Lipinski definition) is 0. The number of carbonyl (C=O) groups excluding carboxylic acids is 2. The summed E-state index contributed by atoms with van der Waals surface area (Å²) in [6, 6.07) is 0. The fraction of sp³-hybridized carbons (Fsp3) is 0.692. The summed E-state index contributed by atoms with van der Waals surface area (Å²) in [5.41, 5.74) is -0.0109. The third kappa shape index (κ3) is 2.68. The van der Waals surface area contributed by atoms with Crippen LogP contribution in [-0.4, -0.2) is 25.2 Å². The van der Waals surface area contributed by atoms with Gasteiger partial charge >= 0.3 is 11.9 Å². The second-order valence-electron chi connectivity index (χ2n) is 4.12. The molecule has 0 fully saturated rings. The second-order valence-corrected chi connectivity index (χ2v) is 4.12. The van der Waals surface area contributed by atoms with Gasteiger partial charge in [-0.15, -0.1) is 0 Å². The fourth-order valence-electron chi connectivity index (χ4n) is 2.05. The normalized spacial score (nSPS) is 17.5. The smallest absolute Gasteiger partial charge is 0.324 e. The number of ether oxygens (including phenoxy) is 2. The molecule has 0 amide bonds. The van der Waals surface area contributed by atoms with E-state index in [1.165, 1.54) is 0 Å². The summed E-state index contributed by atoms with van der Waals surface area (Å²) in [7, 11) is 0. The van der Waals surface area contributed by atoms with Crippen molar-refractivity contribution < 1.29 is 19.1 Å². The molecule has 0 radical (unpaired) electrons. The van der Waals surface area contributed by atoms with Gasteiger partial charge in [-0.05, 0) is 33.1 Å². The van der Waals surface area contributed by atoms with Gasteiger partial charge in [0.25, 0.3) is 0 Å². The van der Waals surface area contributed by atoms with Crippen LogP contribution in [0.5, 0.6) is 0 Å². The Bertz CT molecular complexity index is 312. The first kappa shape index (κ1) is 13.7. The minimum Gasteiger partial charge on any atom is -0.465 e. The summed E-state index contributed by atoms with van der Waals surface area (Å²) in [4.78, 5) is 24.0. The van der Waals surface area contributed by atoms with Crippen molar-refractivity contribution in [2.75, 3.05) is 13.2 Å². The van der Waals surface area contributed by atoms with E-state index in [2.05, 4.69) is 0 Å². The SMILES string of the molecule is CCOC(=O)C1(C(=O)OCC)CC=C(CC)C1. The molecule has 4 nitrogen and oxygen atoms in total. The van der Waals surface area contributed by atoms with Crippen molar-refractivity contribution in [1.29, 1.82) is 0 Å². The summed E-state index contributed by atoms with van der Waals surface area (Å²) >= 11 is 0. The van der Waals surface area contributed by atoms with Crippen molar-refractivity contribution >= 4 is 11.9 Å². The molecule has 0 atom stereocenters. The molecule has 4 heteroatoms. The van der Waals surface area contributed by atoms with Gasteiger partial charge in [-0.1, -0.05) is 18.6 Å². The Morgan fingerprint density at radius 2 is 1.71 bits per heavy atom. The molecule has 0 saturated heterocycles. The highest BCUT2D eigenvalue weighted by Crippen LogP contribution is 2.41. The summed E-state index contributed by atoms with van der Waals surface area (Å²) in [6.07, 6.45) is 3.63. The summed E-state index contributed by atoms with van der Waals surface area (Å²) < 4.78 is 10.0. The van der Waals surface area contributed by atoms with Gasteiger partial charge in [-0.2, -0.15) is 0 Å². The van der Waals surface area contributed by atoms with Crippen LogP contribution in [0.15, 0.2) is 11.6 Å². The standard InChI is InChI=1S/C13H20O4/c1-4-10-7-8-13(9-10,11(14)16-5-2)12(15)17-6-3/h7H,4-6,8-9H2,1-3H3. The molecule has 0 bridgehead atoms. The Kier molecular flexibility index (Phi) is 4.73. The maximum atomic E-state index is 12.0. The van der Waals surface area contributed by atoms with E-state index in [1.807, 2.05) is 13.0 Å². The third-order valence-corrected chi connectivity index (χ3v) is 3.05. The van der Waals surface area contributed by atoms with Crippen LogP contribution < -0.4 is 0 Å². The van der Waals surface area contributed by atoms with Crippen molar-refractivity contribution in [3.8, 4) is 0 Å². The van der Waals surface area contributed by atoms with Crippen LogP contribution in [0.4, 0.5) is 0 Å². The molecule has 0 aliphatic heterocycles. The molecular weight excluding hydrogens is 220 g/mol. The van der Waals surface area contributed by atoms with E-state index in [4.69, 9.17) is 9.47 Å². The number of carbonyl (C=O) groups is 2. The van der Waals surface area contributed by atoms with E-state index in [9.17, 15) is 9.59 Å². The van der Waals surface area contributed by atoms with Crippen LogP contribution in [0.1, 0.15) is 40.0 Å². The monoisotopic (exact) mass is 240 g/mol. The Labute approximate surface area is 102 Å². The molecule has 1 aliphatic carbocycles. The van der Waals surface area contributed by atoms with Gasteiger partial charge in [0.2, 0.25) is 0 Å². The highest BCUT2D eigenvalue weighted by atomic mass is 16.6. The first-order valence-corrected chi connectivity index (χ1v) is 6.13. The Morgan fingerprint density at radius 3 is 2.06 bits per heavy atom. The van der Waals surface area contributed by atoms with Gasteiger partial charge in [0, 0.05) is 0 Å². The van der Waals surface area contributed by atoms with Gasteiger partial charge in [0.1, 0.15) is 0 Å². The van der Waals surface area contributed by atoms with Gasteiger partial charge < -0.3 is 9.47 Å². The first-order valence-electron chi connectivity index (χ1n) is 6.13. The molecule has 0 heterocycles. The number of esters is 2. The summed E-state index contributed by atoms with van der Waals surface area (Å²) in [5, 5.41) is 0. The van der Waals surface area contributed by atoms with Crippen LogP contribution in [0.25, 0.3) is 0 Å². The first-order chi connectivity index (χ1) is 8.10. The molecule has 1 aliphatic rings. The van der Waals surface area contributed by atoms with Crippen LogP contribution in [0.2, 0.25) is 0 Å². The third-order valence-electron chi connectivity index (χ3n) is 3.05. The summed E-state index contributed by atoms with van der Waals surface area (Å²) in [5.74, 6) is -0.920. The van der Waals surface area contributed by atoms with Crippen molar-refractivity contribution in [1.82, 2.24) is 0 Å². The molecule has 0 aromatic carbocycles. The van der Waals surface area contributed by atoms with E-state index in [0.717, 1.165) is 12.0 Å². The molecule has 0 spiro atoms. The minimum atomic E-state index is -1.13. The molecule has 17 heavy (non-hydrogen) atoms. The lowest BCUT2D eigenvalue weighted by atomic mass is 9.84. The van der Waals surface area contributed by atoms with E-state index < -0.39 is 17.4 Å². The molecule has 0 aromatic rings. The zero-order valence-corrected chi connectivity index (χ0v) is 10.7. The lowest BCUT2D eigenvalue weighted by Crippen LogP contribution is -2.40. The molecule has 1 rings (SSSR count). The van der Waals surface area contributed by atoms with Gasteiger partial charge in [0.05, 0.1) is 13.2 Å². The van der Waals surface area contributed by atoms with Crippen LogP contribution >= 0.6 is 0 Å². The van der Waals surface area contributed by atoms with Crippen molar-refractivity contribution in [2.45, 2.75) is 40.0 Å². The van der Waals surface area contributed by atoms with Crippen molar-refractivity contribution in [3.63, 3.8) is 0 Å². The van der Waals surface area contributed by atoms with Crippen LogP contribution in [-0.2, 0) is 19.1 Å². The molecule has 0 N–H and O–H groups in total. The number of allylic oxidation sites excluding steroid dienone is 2. The van der Waals surface area contributed by atoms with Gasteiger partial charge in [0.15, 0.2) is 5.41 Å². The molecule has 0 aromatic heterocycles. The molecule has 0 unspecified atom stereocenters.